The fourth-order valence-electron chi connectivity index (χ4n) is 4.09. The summed E-state index contributed by atoms with van der Waals surface area (Å²) in [6.07, 6.45) is 2.73. The number of rotatable bonds is 5. The lowest BCUT2D eigenvalue weighted by molar-refractivity contribution is 0.0380. The lowest BCUT2D eigenvalue weighted by atomic mass is 10.0. The first-order valence-electron chi connectivity index (χ1n) is 10.9. The monoisotopic (exact) mass is 511 g/mol. The van der Waals surface area contributed by atoms with Crippen molar-refractivity contribution in [3.8, 4) is 11.1 Å². The summed E-state index contributed by atoms with van der Waals surface area (Å²) in [5, 5.41) is 6.54. The Kier molecular flexibility index (Phi) is 6.06. The van der Waals surface area contributed by atoms with Gasteiger partial charge in [-0.1, -0.05) is 23.7 Å². The molecule has 1 amide bonds. The number of carbonyl (C=O) groups excluding carboxylic acids is 2. The average molecular weight is 512 g/mol. The van der Waals surface area contributed by atoms with Gasteiger partial charge in [0.25, 0.3) is 5.91 Å². The largest absolute Gasteiger partial charge is 0.459 e. The zero-order valence-corrected chi connectivity index (χ0v) is 21.0. The number of hydrogen-bond donors (Lipinski definition) is 2. The number of halogens is 1. The Hall–Kier alpha value is -2.94. The van der Waals surface area contributed by atoms with Crippen LogP contribution in [0.15, 0.2) is 35.7 Å². The molecule has 0 bridgehead atoms. The molecule has 34 heavy (non-hydrogen) atoms. The highest BCUT2D eigenvalue weighted by molar-refractivity contribution is 7.21. The van der Waals surface area contributed by atoms with Gasteiger partial charge in [-0.05, 0) is 62.4 Å². The van der Waals surface area contributed by atoms with E-state index >= 15 is 0 Å². The van der Waals surface area contributed by atoms with Gasteiger partial charge in [0.15, 0.2) is 0 Å². The van der Waals surface area contributed by atoms with E-state index in [9.17, 15) is 9.59 Å². The molecule has 1 aliphatic carbocycles. The van der Waals surface area contributed by atoms with Crippen LogP contribution in [0.25, 0.3) is 21.3 Å². The van der Waals surface area contributed by atoms with Gasteiger partial charge in [0.2, 0.25) is 0 Å². The van der Waals surface area contributed by atoms with Crippen molar-refractivity contribution in [2.45, 2.75) is 39.2 Å². The van der Waals surface area contributed by atoms with Crippen molar-refractivity contribution in [1.82, 2.24) is 4.98 Å². The molecule has 3 aromatic heterocycles. The number of carbonyl (C=O) groups is 2. The van der Waals surface area contributed by atoms with Gasteiger partial charge < -0.3 is 15.8 Å². The Balaban J connectivity index is 1.51. The summed E-state index contributed by atoms with van der Waals surface area (Å²) >= 11 is 8.57. The highest BCUT2D eigenvalue weighted by Crippen LogP contribution is 2.39. The highest BCUT2D eigenvalue weighted by Gasteiger charge is 2.26. The number of benzene rings is 1. The molecule has 3 heterocycles. The third-order valence-electron chi connectivity index (χ3n) is 5.68. The van der Waals surface area contributed by atoms with E-state index in [1.807, 2.05) is 17.5 Å². The predicted molar refractivity (Wildman–Crippen MR) is 139 cm³/mol. The molecule has 1 aliphatic rings. The number of nitrogens with zero attached hydrogens (tertiary/aromatic N) is 1. The first-order valence-corrected chi connectivity index (χ1v) is 13.0. The van der Waals surface area contributed by atoms with Gasteiger partial charge in [0.1, 0.15) is 20.3 Å². The van der Waals surface area contributed by atoms with Crippen LogP contribution in [0.5, 0.6) is 0 Å². The van der Waals surface area contributed by atoms with E-state index in [0.29, 0.717) is 31.7 Å². The molecule has 0 saturated carbocycles. The van der Waals surface area contributed by atoms with Crippen LogP contribution >= 0.6 is 34.3 Å². The number of esters is 1. The number of anilines is 2. The number of aryl methyl sites for hydroxylation is 2. The van der Waals surface area contributed by atoms with E-state index in [2.05, 4.69) is 11.4 Å². The van der Waals surface area contributed by atoms with E-state index in [4.69, 9.17) is 27.1 Å². The van der Waals surface area contributed by atoms with Crippen LogP contribution in [0.2, 0.25) is 5.02 Å². The quantitative estimate of drug-likeness (QED) is 0.295. The van der Waals surface area contributed by atoms with Gasteiger partial charge >= 0.3 is 5.97 Å². The summed E-state index contributed by atoms with van der Waals surface area (Å²) in [7, 11) is 0. The highest BCUT2D eigenvalue weighted by atomic mass is 35.5. The summed E-state index contributed by atoms with van der Waals surface area (Å²) in [5.74, 6) is -0.873. The maximum absolute atomic E-state index is 13.3. The third kappa shape index (κ3) is 4.17. The second-order valence-corrected chi connectivity index (χ2v) is 10.7. The summed E-state index contributed by atoms with van der Waals surface area (Å²) in [4.78, 5) is 32.2. The summed E-state index contributed by atoms with van der Waals surface area (Å²) in [6, 6.07) is 9.23. The van der Waals surface area contributed by atoms with Crippen molar-refractivity contribution in [3.05, 3.63) is 62.4 Å². The molecule has 0 unspecified atom stereocenters. The SMILES string of the molecule is CC(C)OC(=O)c1c(-c2ccc(Cl)cc2)csc1NC(=O)c1sc2nc3c(cc2c1N)CCC3. The summed E-state index contributed by atoms with van der Waals surface area (Å²) in [5.41, 5.74) is 10.9. The van der Waals surface area contributed by atoms with Crippen LogP contribution in [0.3, 0.4) is 0 Å². The number of fused-ring (bicyclic) bond motifs is 2. The van der Waals surface area contributed by atoms with Crippen molar-refractivity contribution in [2.75, 3.05) is 11.1 Å². The molecule has 5 rings (SSSR count). The van der Waals surface area contributed by atoms with Crippen LogP contribution in [-0.2, 0) is 17.6 Å². The molecule has 1 aromatic carbocycles. The van der Waals surface area contributed by atoms with E-state index in [1.54, 1.807) is 26.0 Å². The van der Waals surface area contributed by atoms with Crippen molar-refractivity contribution in [1.29, 1.82) is 0 Å². The van der Waals surface area contributed by atoms with Crippen LogP contribution in [0, 0.1) is 0 Å². The Labute approximate surface area is 209 Å². The number of amides is 1. The third-order valence-corrected chi connectivity index (χ3v) is 7.94. The molecule has 0 fully saturated rings. The number of thiophene rings is 2. The Morgan fingerprint density at radius 1 is 1.21 bits per heavy atom. The predicted octanol–water partition coefficient (Wildman–Crippen LogP) is 6.57. The van der Waals surface area contributed by atoms with Gasteiger partial charge in [-0.2, -0.15) is 0 Å². The smallest absolute Gasteiger partial charge is 0.342 e. The zero-order valence-electron chi connectivity index (χ0n) is 18.6. The van der Waals surface area contributed by atoms with E-state index in [0.717, 1.165) is 40.7 Å². The van der Waals surface area contributed by atoms with Gasteiger partial charge in [0, 0.05) is 27.0 Å². The second-order valence-electron chi connectivity index (χ2n) is 8.41. The maximum Gasteiger partial charge on any atom is 0.342 e. The molecule has 174 valence electrons. The number of nitrogen functional groups attached to an aromatic ring is 1. The van der Waals surface area contributed by atoms with E-state index < -0.39 is 5.97 Å². The normalized spacial score (nSPS) is 12.8. The van der Waals surface area contributed by atoms with Gasteiger partial charge in [-0.25, -0.2) is 9.78 Å². The molecule has 0 spiro atoms. The second kappa shape index (κ2) is 9.02. The first-order chi connectivity index (χ1) is 16.3. The number of hydrogen-bond acceptors (Lipinski definition) is 7. The summed E-state index contributed by atoms with van der Waals surface area (Å²) in [6.45, 7) is 3.57. The van der Waals surface area contributed by atoms with Crippen molar-refractivity contribution in [3.63, 3.8) is 0 Å². The number of nitrogens with two attached hydrogens (primary N) is 1. The van der Waals surface area contributed by atoms with Gasteiger partial charge in [0.05, 0.1) is 11.8 Å². The lowest BCUT2D eigenvalue weighted by Gasteiger charge is -2.11. The Bertz CT molecular complexity index is 1420. The van der Waals surface area contributed by atoms with Gasteiger partial charge in [-0.15, -0.1) is 22.7 Å². The Morgan fingerprint density at radius 3 is 2.71 bits per heavy atom. The number of ether oxygens (including phenoxy) is 1. The fourth-order valence-corrected chi connectivity index (χ4v) is 6.16. The molecule has 9 heteroatoms. The maximum atomic E-state index is 13.3. The van der Waals surface area contributed by atoms with Crippen LogP contribution in [0.4, 0.5) is 10.7 Å². The number of pyridine rings is 1. The fraction of sp³-hybridized carbons (Fsp3) is 0.240. The average Bonchev–Trinajstić information content (AvgIpc) is 3.50. The molecule has 4 aromatic rings. The molecule has 0 radical (unpaired) electrons. The van der Waals surface area contributed by atoms with E-state index in [1.165, 1.54) is 28.2 Å². The summed E-state index contributed by atoms with van der Waals surface area (Å²) < 4.78 is 5.48. The van der Waals surface area contributed by atoms with Gasteiger partial charge in [-0.3, -0.25) is 4.79 Å². The minimum Gasteiger partial charge on any atom is -0.459 e. The molecule has 0 saturated heterocycles. The van der Waals surface area contributed by atoms with Crippen LogP contribution < -0.4 is 11.1 Å². The molecule has 3 N–H and O–H groups in total. The van der Waals surface area contributed by atoms with Crippen molar-refractivity contribution < 1.29 is 14.3 Å². The first kappa shape index (κ1) is 22.8. The number of nitrogens with one attached hydrogen (secondary N) is 1. The molecule has 0 aliphatic heterocycles. The van der Waals surface area contributed by atoms with Crippen LogP contribution in [0.1, 0.15) is 51.6 Å². The minimum absolute atomic E-state index is 0.305. The molecular formula is C25H22ClN3O3S2. The van der Waals surface area contributed by atoms with Crippen molar-refractivity contribution >= 4 is 67.1 Å². The molecule has 6 nitrogen and oxygen atoms in total. The molecule has 0 atom stereocenters. The zero-order chi connectivity index (χ0) is 24.0. The lowest BCUT2D eigenvalue weighted by Crippen LogP contribution is -2.16. The molecular weight excluding hydrogens is 490 g/mol. The minimum atomic E-state index is -0.501. The van der Waals surface area contributed by atoms with E-state index in [-0.39, 0.29) is 12.0 Å². The van der Waals surface area contributed by atoms with Crippen molar-refractivity contribution in [2.24, 2.45) is 0 Å². The van der Waals surface area contributed by atoms with Crippen LogP contribution in [-0.4, -0.2) is 23.0 Å². The Morgan fingerprint density at radius 2 is 1.97 bits per heavy atom. The number of aromatic nitrogens is 1. The standard InChI is InChI=1S/C25H22ClN3O3S2/c1-12(2)32-25(31)19-17(13-6-8-15(26)9-7-13)11-33-24(19)29-22(30)21-20(27)16-10-14-4-3-5-18(14)28-23(16)34-21/h6-12H,3-5,27H2,1-2H3,(H,29,30). The topological polar surface area (TPSA) is 94.3 Å².